The highest BCUT2D eigenvalue weighted by Gasteiger charge is 2.16. The van der Waals surface area contributed by atoms with E-state index in [4.69, 9.17) is 8.39 Å². The first kappa shape index (κ1) is 17.4. The van der Waals surface area contributed by atoms with Gasteiger partial charge in [-0.15, -0.1) is 0 Å². The fraction of sp³-hybridized carbons (Fsp3) is 0.167. The Kier molecular flexibility index (Phi) is 3.97. The second kappa shape index (κ2) is 6.41. The van der Waals surface area contributed by atoms with E-state index >= 15 is 0 Å². The first-order valence-electron chi connectivity index (χ1n) is 9.43. The van der Waals surface area contributed by atoms with E-state index in [1.807, 2.05) is 18.8 Å². The summed E-state index contributed by atoms with van der Waals surface area (Å²) in [7, 11) is 2.77. The number of fused-ring (bicyclic) bond motifs is 6. The maximum absolute atomic E-state index is 6.51. The van der Waals surface area contributed by atoms with Crippen molar-refractivity contribution >= 4 is 51.6 Å². The summed E-state index contributed by atoms with van der Waals surface area (Å²) in [6.07, 6.45) is 0. The van der Waals surface area contributed by atoms with E-state index in [2.05, 4.69) is 74.5 Å². The average molecular weight is 387 g/mol. The van der Waals surface area contributed by atoms with Crippen LogP contribution in [0, 0.1) is 13.8 Å². The topological polar surface area (TPSA) is 29.5 Å². The minimum Gasteiger partial charge on any atom is -0.408 e. The summed E-state index contributed by atoms with van der Waals surface area (Å²) < 4.78 is 15.0. The summed E-state index contributed by atoms with van der Waals surface area (Å²) in [5.41, 5.74) is 4.13. The fourth-order valence-corrected chi connectivity index (χ4v) is 5.15. The highest BCUT2D eigenvalue weighted by molar-refractivity contribution is 7.38. The van der Waals surface area contributed by atoms with Crippen LogP contribution in [0.1, 0.15) is 11.1 Å². The summed E-state index contributed by atoms with van der Waals surface area (Å²) in [5, 5.41) is 7.09. The molecule has 1 heterocycles. The van der Waals surface area contributed by atoms with Gasteiger partial charge in [0.15, 0.2) is 0 Å². The van der Waals surface area contributed by atoms with E-state index in [-0.39, 0.29) is 0 Å². The number of hydrogen-bond donors (Lipinski definition) is 0. The molecule has 140 valence electrons. The molecule has 5 aromatic rings. The van der Waals surface area contributed by atoms with E-state index in [9.17, 15) is 0 Å². The first-order valence-corrected chi connectivity index (χ1v) is 10.6. The lowest BCUT2D eigenvalue weighted by atomic mass is 9.96. The zero-order chi connectivity index (χ0) is 19.4. The largest absolute Gasteiger partial charge is 0.408 e. The SMILES string of the molecule is Cc1c2ccccc2cc2c1op(N(C)C)oc1c(C)cc3ccccc3c12. The summed E-state index contributed by atoms with van der Waals surface area (Å²) >= 11 is 0. The van der Waals surface area contributed by atoms with Crippen molar-refractivity contribution in [2.24, 2.45) is 0 Å². The van der Waals surface area contributed by atoms with Gasteiger partial charge in [0.2, 0.25) is 0 Å². The molecule has 0 saturated carbocycles. The smallest absolute Gasteiger partial charge is 0.309 e. The molecule has 5 rings (SSSR count). The maximum atomic E-state index is 6.51. The molecule has 0 amide bonds. The summed E-state index contributed by atoms with van der Waals surface area (Å²) in [5.74, 6) is 0. The highest BCUT2D eigenvalue weighted by Crippen LogP contribution is 2.42. The van der Waals surface area contributed by atoms with Gasteiger partial charge in [0.05, 0.1) is 0 Å². The molecule has 1 unspecified atom stereocenters. The molecule has 0 aliphatic carbocycles. The lowest BCUT2D eigenvalue weighted by Crippen LogP contribution is -2.02. The van der Waals surface area contributed by atoms with Gasteiger partial charge in [0, 0.05) is 30.4 Å². The van der Waals surface area contributed by atoms with Crippen LogP contribution in [0.3, 0.4) is 0 Å². The zero-order valence-corrected chi connectivity index (χ0v) is 17.4. The van der Waals surface area contributed by atoms with Gasteiger partial charge in [-0.1, -0.05) is 48.5 Å². The molecule has 1 atom stereocenters. The van der Waals surface area contributed by atoms with Gasteiger partial charge < -0.3 is 8.39 Å². The molecule has 0 N–H and O–H groups in total. The molecular formula is C24H22NO2P. The molecular weight excluding hydrogens is 365 g/mol. The molecule has 0 spiro atoms. The van der Waals surface area contributed by atoms with Crippen LogP contribution in [0.15, 0.2) is 69.1 Å². The summed E-state index contributed by atoms with van der Waals surface area (Å²) in [4.78, 5) is 0. The van der Waals surface area contributed by atoms with Gasteiger partial charge in [0.1, 0.15) is 11.2 Å². The minimum atomic E-state index is -1.24. The van der Waals surface area contributed by atoms with E-state index < -0.39 is 8.16 Å². The normalized spacial score (nSPS) is 12.5. The molecule has 3 nitrogen and oxygen atoms in total. The highest BCUT2D eigenvalue weighted by atomic mass is 31.1. The Morgan fingerprint density at radius 2 is 1.32 bits per heavy atom. The molecule has 0 fully saturated rings. The molecule has 0 radical (unpaired) electrons. The van der Waals surface area contributed by atoms with Crippen molar-refractivity contribution in [3.63, 3.8) is 0 Å². The molecule has 0 aliphatic rings. The lowest BCUT2D eigenvalue weighted by molar-refractivity contribution is 0.632. The van der Waals surface area contributed by atoms with Crippen LogP contribution in [0.2, 0.25) is 0 Å². The van der Waals surface area contributed by atoms with E-state index in [0.29, 0.717) is 0 Å². The molecule has 0 bridgehead atoms. The van der Waals surface area contributed by atoms with Crippen molar-refractivity contribution in [3.8, 4) is 0 Å². The predicted molar refractivity (Wildman–Crippen MR) is 121 cm³/mol. The van der Waals surface area contributed by atoms with Crippen molar-refractivity contribution in [1.82, 2.24) is 0 Å². The van der Waals surface area contributed by atoms with Crippen LogP contribution < -0.4 is 4.67 Å². The van der Waals surface area contributed by atoms with Crippen LogP contribution in [0.5, 0.6) is 0 Å². The molecule has 4 aromatic carbocycles. The maximum Gasteiger partial charge on any atom is 0.309 e. The molecule has 1 aromatic heterocycles. The monoisotopic (exact) mass is 387 g/mol. The van der Waals surface area contributed by atoms with Crippen molar-refractivity contribution in [2.75, 3.05) is 18.8 Å². The standard InChI is InChI=1S/C24H22NO2P/c1-15-13-17-9-6-8-12-20(17)22-21-14-18-10-5-7-11-19(18)16(2)24(21)27-28(25(3)4)26-23(15)22/h5-14H,1-4H3. The Labute approximate surface area is 164 Å². The van der Waals surface area contributed by atoms with Crippen LogP contribution in [-0.4, -0.2) is 14.1 Å². The summed E-state index contributed by atoms with van der Waals surface area (Å²) in [6.45, 7) is 4.26. The summed E-state index contributed by atoms with van der Waals surface area (Å²) in [6, 6.07) is 21.5. The fourth-order valence-electron chi connectivity index (χ4n) is 4.01. The van der Waals surface area contributed by atoms with Gasteiger partial charge in [-0.3, -0.25) is 0 Å². The van der Waals surface area contributed by atoms with Gasteiger partial charge in [0.25, 0.3) is 0 Å². The number of nitrogens with zero attached hydrogens (tertiary/aromatic N) is 1. The van der Waals surface area contributed by atoms with Crippen LogP contribution >= 0.6 is 8.16 Å². The number of hydrogen-bond acceptors (Lipinski definition) is 3. The minimum absolute atomic E-state index is 0.923. The average Bonchev–Trinajstić information content (AvgIpc) is 2.87. The van der Waals surface area contributed by atoms with Crippen molar-refractivity contribution in [3.05, 3.63) is 71.8 Å². The Bertz CT molecular complexity index is 1420. The Hall–Kier alpha value is -2.74. The lowest BCUT2D eigenvalue weighted by Gasteiger charge is -2.08. The van der Waals surface area contributed by atoms with Crippen LogP contribution in [0.25, 0.3) is 43.5 Å². The van der Waals surface area contributed by atoms with Crippen molar-refractivity contribution in [1.29, 1.82) is 0 Å². The Morgan fingerprint density at radius 1 is 0.714 bits per heavy atom. The van der Waals surface area contributed by atoms with Crippen molar-refractivity contribution < 1.29 is 8.39 Å². The third kappa shape index (κ3) is 2.55. The Morgan fingerprint density at radius 3 is 2.04 bits per heavy atom. The zero-order valence-electron chi connectivity index (χ0n) is 16.5. The van der Waals surface area contributed by atoms with Gasteiger partial charge in [-0.05, 0) is 53.1 Å². The molecule has 28 heavy (non-hydrogen) atoms. The van der Waals surface area contributed by atoms with Crippen LogP contribution in [-0.2, 0) is 0 Å². The number of benzene rings is 4. The van der Waals surface area contributed by atoms with Crippen molar-refractivity contribution in [2.45, 2.75) is 13.8 Å². The molecule has 0 saturated heterocycles. The third-order valence-corrected chi connectivity index (χ3v) is 6.70. The second-order valence-corrected chi connectivity index (χ2v) is 9.13. The molecule has 0 aliphatic heterocycles. The van der Waals surface area contributed by atoms with Crippen LogP contribution in [0.4, 0.5) is 0 Å². The van der Waals surface area contributed by atoms with E-state index in [1.54, 1.807) is 0 Å². The number of aryl methyl sites for hydroxylation is 2. The Balaban J connectivity index is 2.18. The van der Waals surface area contributed by atoms with Gasteiger partial charge in [-0.25, -0.2) is 4.67 Å². The quantitative estimate of drug-likeness (QED) is 0.300. The second-order valence-electron chi connectivity index (χ2n) is 7.49. The van der Waals surface area contributed by atoms with Gasteiger partial charge in [-0.2, -0.15) is 0 Å². The predicted octanol–water partition coefficient (Wildman–Crippen LogP) is 7.41. The molecule has 4 heteroatoms. The van der Waals surface area contributed by atoms with E-state index in [0.717, 1.165) is 33.1 Å². The number of rotatable bonds is 1. The first-order chi connectivity index (χ1) is 13.5. The van der Waals surface area contributed by atoms with Gasteiger partial charge >= 0.3 is 8.16 Å². The third-order valence-electron chi connectivity index (χ3n) is 5.37. The van der Waals surface area contributed by atoms with E-state index in [1.165, 1.54) is 21.5 Å².